The van der Waals surface area contributed by atoms with E-state index in [1.807, 2.05) is 0 Å². The molecule has 4 N–H and O–H groups in total. The lowest BCUT2D eigenvalue weighted by Crippen LogP contribution is -2.54. The summed E-state index contributed by atoms with van der Waals surface area (Å²) in [6, 6.07) is -0.384. The van der Waals surface area contributed by atoms with Gasteiger partial charge in [-0.1, -0.05) is 39.5 Å². The number of hydrogen-bond acceptors (Lipinski definition) is 4. The third-order valence-electron chi connectivity index (χ3n) is 5.22. The van der Waals surface area contributed by atoms with Crippen molar-refractivity contribution in [1.82, 2.24) is 9.80 Å². The van der Waals surface area contributed by atoms with Crippen molar-refractivity contribution in [1.29, 1.82) is 0 Å². The van der Waals surface area contributed by atoms with Crippen LogP contribution in [0.25, 0.3) is 0 Å². The first-order valence-electron chi connectivity index (χ1n) is 9.18. The van der Waals surface area contributed by atoms with E-state index in [-0.39, 0.29) is 11.9 Å². The van der Waals surface area contributed by atoms with E-state index in [9.17, 15) is 9.59 Å². The first-order chi connectivity index (χ1) is 11.4. The summed E-state index contributed by atoms with van der Waals surface area (Å²) in [6.07, 6.45) is 6.94. The molecule has 3 amide bonds. The van der Waals surface area contributed by atoms with Crippen molar-refractivity contribution in [2.75, 3.05) is 13.1 Å². The Morgan fingerprint density at radius 3 is 2.21 bits per heavy atom. The molecule has 2 aliphatic heterocycles. The molecule has 0 aromatic rings. The molecule has 24 heavy (non-hydrogen) atoms. The van der Waals surface area contributed by atoms with Gasteiger partial charge >= 0.3 is 6.03 Å². The van der Waals surface area contributed by atoms with Crippen LogP contribution in [0.4, 0.5) is 4.79 Å². The van der Waals surface area contributed by atoms with Crippen molar-refractivity contribution in [3.05, 3.63) is 0 Å². The van der Waals surface area contributed by atoms with E-state index >= 15 is 0 Å². The molecule has 0 spiro atoms. The van der Waals surface area contributed by atoms with Crippen LogP contribution in [0.1, 0.15) is 65.2 Å². The summed E-state index contributed by atoms with van der Waals surface area (Å²) in [5, 5.41) is 0. The second kappa shape index (κ2) is 7.85. The molecule has 0 atom stereocenters. The van der Waals surface area contributed by atoms with Crippen molar-refractivity contribution in [3.8, 4) is 0 Å². The second-order valence-electron chi connectivity index (χ2n) is 6.94. The average Bonchev–Trinajstić information content (AvgIpc) is 2.82. The fraction of sp³-hybridized carbons (Fsp3) is 0.824. The van der Waals surface area contributed by atoms with E-state index in [0.717, 1.165) is 38.5 Å². The van der Waals surface area contributed by atoms with Crippen molar-refractivity contribution >= 4 is 17.9 Å². The van der Waals surface area contributed by atoms with Crippen LogP contribution in [0.2, 0.25) is 0 Å². The molecule has 0 aromatic heterocycles. The molecule has 0 aromatic carbocycles. The van der Waals surface area contributed by atoms with Crippen LogP contribution in [0.15, 0.2) is 4.99 Å². The van der Waals surface area contributed by atoms with Gasteiger partial charge in [0.2, 0.25) is 0 Å². The Hall–Kier alpha value is -1.79. The van der Waals surface area contributed by atoms with Crippen molar-refractivity contribution in [2.24, 2.45) is 16.5 Å². The number of primary amides is 1. The maximum atomic E-state index is 13.2. The van der Waals surface area contributed by atoms with E-state index in [1.54, 1.807) is 9.80 Å². The topological polar surface area (TPSA) is 105 Å². The highest BCUT2D eigenvalue weighted by molar-refractivity contribution is 6.07. The molecule has 7 heteroatoms. The summed E-state index contributed by atoms with van der Waals surface area (Å²) in [4.78, 5) is 32.4. The van der Waals surface area contributed by atoms with Crippen LogP contribution < -0.4 is 11.5 Å². The first kappa shape index (κ1) is 18.5. The van der Waals surface area contributed by atoms with Gasteiger partial charge in [0.1, 0.15) is 5.54 Å². The standard InChI is InChI=1S/C17H31N5O2/c1-3-5-9-17(10-6-4-2)14(23)22(15(18)20-17)13-7-11-21(12-8-13)16(19)24/h13H,3-12H2,1-2H3,(H2,18,20)(H2,19,24). The molecular weight excluding hydrogens is 306 g/mol. The molecule has 0 saturated carbocycles. The minimum atomic E-state index is -0.670. The predicted octanol–water partition coefficient (Wildman–Crippen LogP) is 1.81. The summed E-state index contributed by atoms with van der Waals surface area (Å²) in [6.45, 7) is 5.37. The number of guanidine groups is 1. The number of rotatable bonds is 7. The molecule has 0 radical (unpaired) electrons. The lowest BCUT2D eigenvalue weighted by Gasteiger charge is -2.36. The molecule has 7 nitrogen and oxygen atoms in total. The zero-order valence-electron chi connectivity index (χ0n) is 15.0. The van der Waals surface area contributed by atoms with Crippen LogP contribution in [0.3, 0.4) is 0 Å². The van der Waals surface area contributed by atoms with E-state index in [1.165, 1.54) is 0 Å². The van der Waals surface area contributed by atoms with Crippen LogP contribution >= 0.6 is 0 Å². The third kappa shape index (κ3) is 3.65. The minimum Gasteiger partial charge on any atom is -0.369 e. The maximum Gasteiger partial charge on any atom is 0.314 e. The SMILES string of the molecule is CCCCC1(CCCC)N=C(N)N(C2CCN(C(N)=O)CC2)C1=O. The number of nitrogens with zero attached hydrogens (tertiary/aromatic N) is 3. The third-order valence-corrected chi connectivity index (χ3v) is 5.22. The van der Waals surface area contributed by atoms with E-state index in [2.05, 4.69) is 18.8 Å². The van der Waals surface area contributed by atoms with Crippen LogP contribution in [0.5, 0.6) is 0 Å². The highest BCUT2D eigenvalue weighted by Gasteiger charge is 2.49. The maximum absolute atomic E-state index is 13.2. The Balaban J connectivity index is 2.11. The number of likely N-dealkylation sites (tertiary alicyclic amines) is 1. The van der Waals surface area contributed by atoms with Gasteiger partial charge in [0, 0.05) is 19.1 Å². The quantitative estimate of drug-likeness (QED) is 0.740. The normalized spacial score (nSPS) is 21.2. The van der Waals surface area contributed by atoms with Gasteiger partial charge in [-0.25, -0.2) is 9.79 Å². The number of hydrogen-bond donors (Lipinski definition) is 2. The van der Waals surface area contributed by atoms with Gasteiger partial charge in [0.05, 0.1) is 0 Å². The monoisotopic (exact) mass is 337 g/mol. The molecule has 0 aliphatic carbocycles. The second-order valence-corrected chi connectivity index (χ2v) is 6.94. The molecule has 0 bridgehead atoms. The first-order valence-corrected chi connectivity index (χ1v) is 9.18. The van der Waals surface area contributed by atoms with Crippen molar-refractivity contribution in [3.63, 3.8) is 0 Å². The molecule has 2 heterocycles. The number of carbonyl (C=O) groups is 2. The van der Waals surface area contributed by atoms with Crippen LogP contribution in [-0.2, 0) is 4.79 Å². The zero-order valence-corrected chi connectivity index (χ0v) is 15.0. The molecule has 2 rings (SSSR count). The molecular formula is C17H31N5O2. The van der Waals surface area contributed by atoms with Crippen LogP contribution in [-0.4, -0.2) is 52.4 Å². The Morgan fingerprint density at radius 2 is 1.75 bits per heavy atom. The van der Waals surface area contributed by atoms with Gasteiger partial charge in [-0.2, -0.15) is 0 Å². The molecule has 2 aliphatic rings. The fourth-order valence-electron chi connectivity index (χ4n) is 3.74. The molecule has 0 unspecified atom stereocenters. The summed E-state index contributed by atoms with van der Waals surface area (Å²) in [7, 11) is 0. The number of unbranched alkanes of at least 4 members (excludes halogenated alkanes) is 2. The molecule has 136 valence electrons. The van der Waals surface area contributed by atoms with Crippen LogP contribution in [0, 0.1) is 0 Å². The van der Waals surface area contributed by atoms with Crippen molar-refractivity contribution < 1.29 is 9.59 Å². The summed E-state index contributed by atoms with van der Waals surface area (Å²) >= 11 is 0. The number of aliphatic imine (C=N–C) groups is 1. The highest BCUT2D eigenvalue weighted by atomic mass is 16.2. The lowest BCUT2D eigenvalue weighted by molar-refractivity contribution is -0.134. The Morgan fingerprint density at radius 1 is 1.21 bits per heavy atom. The highest BCUT2D eigenvalue weighted by Crippen LogP contribution is 2.35. The number of piperidine rings is 1. The zero-order chi connectivity index (χ0) is 17.7. The van der Waals surface area contributed by atoms with Gasteiger partial charge in [0.25, 0.3) is 5.91 Å². The Bertz CT molecular complexity index is 489. The number of urea groups is 1. The number of amides is 3. The Labute approximate surface area is 144 Å². The summed E-state index contributed by atoms with van der Waals surface area (Å²) in [5.41, 5.74) is 10.8. The average molecular weight is 337 g/mol. The van der Waals surface area contributed by atoms with E-state index in [4.69, 9.17) is 11.5 Å². The van der Waals surface area contributed by atoms with Gasteiger partial charge < -0.3 is 16.4 Å². The molecule has 1 fully saturated rings. The summed E-state index contributed by atoms with van der Waals surface area (Å²) < 4.78 is 0. The lowest BCUT2D eigenvalue weighted by atomic mass is 9.86. The minimum absolute atomic E-state index is 0.0157. The number of nitrogens with two attached hydrogens (primary N) is 2. The number of carbonyl (C=O) groups excluding carboxylic acids is 2. The van der Waals surface area contributed by atoms with Crippen molar-refractivity contribution in [2.45, 2.75) is 76.8 Å². The van der Waals surface area contributed by atoms with Gasteiger partial charge in [-0.15, -0.1) is 0 Å². The molecule has 1 saturated heterocycles. The Kier molecular flexibility index (Phi) is 6.07. The smallest absolute Gasteiger partial charge is 0.314 e. The summed E-state index contributed by atoms with van der Waals surface area (Å²) in [5.74, 6) is 0.407. The largest absolute Gasteiger partial charge is 0.369 e. The van der Waals surface area contributed by atoms with Gasteiger partial charge in [0.15, 0.2) is 5.96 Å². The van der Waals surface area contributed by atoms with E-state index < -0.39 is 11.6 Å². The van der Waals surface area contributed by atoms with E-state index in [0.29, 0.717) is 31.9 Å². The van der Waals surface area contributed by atoms with Gasteiger partial charge in [-0.05, 0) is 25.7 Å². The predicted molar refractivity (Wildman–Crippen MR) is 94.4 cm³/mol. The van der Waals surface area contributed by atoms with Gasteiger partial charge in [-0.3, -0.25) is 9.69 Å². The fourth-order valence-corrected chi connectivity index (χ4v) is 3.74.